The number of carbonyl (C=O) groups excluding carboxylic acids is 3. The molecule has 0 saturated carbocycles. The molecule has 0 bridgehead atoms. The van der Waals surface area contributed by atoms with E-state index in [0.29, 0.717) is 13.2 Å². The molecule has 0 aliphatic rings. The summed E-state index contributed by atoms with van der Waals surface area (Å²) in [6, 6.07) is 8.16. The summed E-state index contributed by atoms with van der Waals surface area (Å²) in [6.45, 7) is 0.889. The van der Waals surface area contributed by atoms with Crippen LogP contribution in [0.4, 0.5) is 0 Å². The molecule has 0 heterocycles. The van der Waals surface area contributed by atoms with Crippen molar-refractivity contribution in [2.24, 2.45) is 11.5 Å². The number of hydrogen-bond acceptors (Lipinski definition) is 4. The first kappa shape index (κ1) is 19.6. The predicted octanol–water partition coefficient (Wildman–Crippen LogP) is 0.0453. The molecule has 7 nitrogen and oxygen atoms in total. The van der Waals surface area contributed by atoms with Gasteiger partial charge in [-0.3, -0.25) is 14.4 Å². The minimum atomic E-state index is -0.959. The number of nitrogens with two attached hydrogens (primary N) is 2. The van der Waals surface area contributed by atoms with Gasteiger partial charge in [-0.1, -0.05) is 24.3 Å². The van der Waals surface area contributed by atoms with E-state index in [2.05, 4.69) is 17.4 Å². The van der Waals surface area contributed by atoms with E-state index < -0.39 is 17.7 Å². The van der Waals surface area contributed by atoms with Gasteiger partial charge in [-0.05, 0) is 43.2 Å². The molecule has 5 N–H and O–H groups in total. The lowest BCUT2D eigenvalue weighted by atomic mass is 9.98. The minimum Gasteiger partial charge on any atom is -0.372 e. The van der Waals surface area contributed by atoms with E-state index in [1.165, 1.54) is 11.1 Å². The SMILES string of the molecule is NC(=O)COCCCc1ccccc1CCCCNC(=O)C(N)=O. The van der Waals surface area contributed by atoms with Crippen LogP contribution in [0.2, 0.25) is 0 Å². The van der Waals surface area contributed by atoms with Crippen molar-refractivity contribution in [1.29, 1.82) is 0 Å². The van der Waals surface area contributed by atoms with Gasteiger partial charge in [-0.15, -0.1) is 0 Å². The molecule has 0 fully saturated rings. The van der Waals surface area contributed by atoms with Crippen LogP contribution in [0.1, 0.15) is 30.4 Å². The molecule has 7 heteroatoms. The zero-order valence-corrected chi connectivity index (χ0v) is 13.8. The first-order valence-corrected chi connectivity index (χ1v) is 8.01. The van der Waals surface area contributed by atoms with Crippen molar-refractivity contribution in [2.45, 2.75) is 32.1 Å². The van der Waals surface area contributed by atoms with E-state index in [-0.39, 0.29) is 6.61 Å². The molecule has 132 valence electrons. The molecule has 0 radical (unpaired) electrons. The summed E-state index contributed by atoms with van der Waals surface area (Å²) in [5, 5.41) is 2.47. The van der Waals surface area contributed by atoms with Crippen LogP contribution in [0.3, 0.4) is 0 Å². The van der Waals surface area contributed by atoms with Crippen LogP contribution in [-0.4, -0.2) is 37.5 Å². The standard InChI is InChI=1S/C17H25N3O4/c18-15(21)12-24-11-5-9-14-7-2-1-6-13(14)8-3-4-10-20-17(23)16(19)22/h1-2,6-7H,3-5,8-12H2,(H2,18,21)(H2,19,22)(H,20,23). The number of amides is 3. The normalized spacial score (nSPS) is 10.3. The predicted molar refractivity (Wildman–Crippen MR) is 89.9 cm³/mol. The van der Waals surface area contributed by atoms with Crippen molar-refractivity contribution >= 4 is 17.7 Å². The van der Waals surface area contributed by atoms with E-state index in [0.717, 1.165) is 32.1 Å². The summed E-state index contributed by atoms with van der Waals surface area (Å²) in [4.78, 5) is 32.2. The third-order valence-electron chi connectivity index (χ3n) is 3.48. The van der Waals surface area contributed by atoms with Crippen molar-refractivity contribution in [1.82, 2.24) is 5.32 Å². The van der Waals surface area contributed by atoms with E-state index in [9.17, 15) is 14.4 Å². The highest BCUT2D eigenvalue weighted by Gasteiger charge is 2.07. The Labute approximate surface area is 141 Å². The highest BCUT2D eigenvalue weighted by atomic mass is 16.5. The quantitative estimate of drug-likeness (QED) is 0.390. The van der Waals surface area contributed by atoms with Gasteiger partial charge in [0.1, 0.15) is 6.61 Å². The van der Waals surface area contributed by atoms with Crippen LogP contribution in [0.25, 0.3) is 0 Å². The van der Waals surface area contributed by atoms with Crippen molar-refractivity contribution in [3.63, 3.8) is 0 Å². The molecule has 0 aliphatic heterocycles. The number of unbranched alkanes of at least 4 members (excludes halogenated alkanes) is 1. The first-order valence-electron chi connectivity index (χ1n) is 8.01. The lowest BCUT2D eigenvalue weighted by Gasteiger charge is -2.10. The molecule has 3 amide bonds. The Balaban J connectivity index is 2.28. The smallest absolute Gasteiger partial charge is 0.309 e. The molecule has 0 saturated heterocycles. The Bertz CT molecular complexity index is 561. The van der Waals surface area contributed by atoms with Crippen molar-refractivity contribution < 1.29 is 19.1 Å². The minimum absolute atomic E-state index is 0.0430. The molecular formula is C17H25N3O4. The number of aryl methyl sites for hydroxylation is 2. The highest BCUT2D eigenvalue weighted by molar-refractivity contribution is 6.34. The second-order valence-electron chi connectivity index (χ2n) is 5.47. The van der Waals surface area contributed by atoms with Crippen molar-refractivity contribution in [3.05, 3.63) is 35.4 Å². The molecule has 0 aliphatic carbocycles. The van der Waals surface area contributed by atoms with E-state index in [1.54, 1.807) is 0 Å². The lowest BCUT2D eigenvalue weighted by Crippen LogP contribution is -2.36. The molecule has 1 rings (SSSR count). The summed E-state index contributed by atoms with van der Waals surface area (Å²) >= 11 is 0. The van der Waals surface area contributed by atoms with Gasteiger partial charge in [0.25, 0.3) is 0 Å². The molecule has 24 heavy (non-hydrogen) atoms. The fraction of sp³-hybridized carbons (Fsp3) is 0.471. The first-order chi connectivity index (χ1) is 11.5. The zero-order chi connectivity index (χ0) is 17.8. The van der Waals surface area contributed by atoms with E-state index >= 15 is 0 Å². The summed E-state index contributed by atoms with van der Waals surface area (Å²) in [5.74, 6) is -2.16. The number of benzene rings is 1. The van der Waals surface area contributed by atoms with Gasteiger partial charge in [0, 0.05) is 13.2 Å². The van der Waals surface area contributed by atoms with Crippen LogP contribution in [0.15, 0.2) is 24.3 Å². The van der Waals surface area contributed by atoms with Crippen LogP contribution in [0, 0.1) is 0 Å². The number of primary amides is 2. The van der Waals surface area contributed by atoms with Crippen LogP contribution in [0.5, 0.6) is 0 Å². The molecule has 1 aromatic carbocycles. The van der Waals surface area contributed by atoms with Crippen molar-refractivity contribution in [2.75, 3.05) is 19.8 Å². The maximum absolute atomic E-state index is 11.0. The van der Waals surface area contributed by atoms with Gasteiger partial charge in [-0.2, -0.15) is 0 Å². The molecule has 1 aromatic rings. The average molecular weight is 335 g/mol. The van der Waals surface area contributed by atoms with Gasteiger partial charge in [0.15, 0.2) is 0 Å². The maximum atomic E-state index is 11.0. The number of carbonyl (C=O) groups is 3. The van der Waals surface area contributed by atoms with Gasteiger partial charge in [0.2, 0.25) is 5.91 Å². The highest BCUT2D eigenvalue weighted by Crippen LogP contribution is 2.14. The zero-order valence-electron chi connectivity index (χ0n) is 13.8. The van der Waals surface area contributed by atoms with Crippen molar-refractivity contribution in [3.8, 4) is 0 Å². The number of ether oxygens (including phenoxy) is 1. The Morgan fingerprint density at radius 3 is 2.17 bits per heavy atom. The van der Waals surface area contributed by atoms with E-state index in [1.807, 2.05) is 12.1 Å². The fourth-order valence-corrected chi connectivity index (χ4v) is 2.31. The second kappa shape index (κ2) is 11.2. The maximum Gasteiger partial charge on any atom is 0.309 e. The van der Waals surface area contributed by atoms with Crippen LogP contribution in [-0.2, 0) is 32.0 Å². The lowest BCUT2D eigenvalue weighted by molar-refractivity contribution is -0.137. The second-order valence-corrected chi connectivity index (χ2v) is 5.47. The Hall–Kier alpha value is -2.41. The molecule has 0 aromatic heterocycles. The molecular weight excluding hydrogens is 310 g/mol. The summed E-state index contributed by atoms with van der Waals surface area (Å²) < 4.78 is 5.16. The van der Waals surface area contributed by atoms with Gasteiger partial charge < -0.3 is 21.5 Å². The van der Waals surface area contributed by atoms with Gasteiger partial charge in [-0.25, -0.2) is 0 Å². The molecule has 0 unspecified atom stereocenters. The summed E-state index contributed by atoms with van der Waals surface area (Å²) in [7, 11) is 0. The van der Waals surface area contributed by atoms with Gasteiger partial charge >= 0.3 is 11.8 Å². The number of hydrogen-bond donors (Lipinski definition) is 3. The molecule has 0 atom stereocenters. The third kappa shape index (κ3) is 8.28. The van der Waals surface area contributed by atoms with Crippen LogP contribution < -0.4 is 16.8 Å². The van der Waals surface area contributed by atoms with Gasteiger partial charge in [0.05, 0.1) is 0 Å². The summed E-state index contributed by atoms with van der Waals surface area (Å²) in [5.41, 5.74) is 12.4. The fourth-order valence-electron chi connectivity index (χ4n) is 2.31. The largest absolute Gasteiger partial charge is 0.372 e. The Morgan fingerprint density at radius 1 is 0.958 bits per heavy atom. The Kier molecular flexibility index (Phi) is 9.14. The summed E-state index contributed by atoms with van der Waals surface area (Å²) in [6.07, 6.45) is 4.25. The Morgan fingerprint density at radius 2 is 1.58 bits per heavy atom. The monoisotopic (exact) mass is 335 g/mol. The topological polar surface area (TPSA) is 125 Å². The third-order valence-corrected chi connectivity index (χ3v) is 3.48. The number of rotatable bonds is 11. The van der Waals surface area contributed by atoms with E-state index in [4.69, 9.17) is 16.2 Å². The molecule has 0 spiro atoms. The van der Waals surface area contributed by atoms with Crippen LogP contribution >= 0.6 is 0 Å². The average Bonchev–Trinajstić information content (AvgIpc) is 2.54. The number of nitrogens with one attached hydrogen (secondary N) is 1.